The highest BCUT2D eigenvalue weighted by atomic mass is 19.1. The molecule has 5 rings (SSSR count). The van der Waals surface area contributed by atoms with E-state index in [-0.39, 0.29) is 11.0 Å². The van der Waals surface area contributed by atoms with Crippen molar-refractivity contribution < 1.29 is 8.81 Å². The van der Waals surface area contributed by atoms with Gasteiger partial charge in [0.15, 0.2) is 11.5 Å². The van der Waals surface area contributed by atoms with Crippen LogP contribution in [0.4, 0.5) is 10.2 Å². The standard InChI is InChI=1S/C23H18FN5O3/c1-2-15(27-21-18-22(26-11-25-21)29-23(31)28-18)20-17(12-6-5-7-13(24)10-12)19(30)14-8-3-4-9-16(14)32-20/h3-11,15H,2H2,1H3,(H3,25,26,27,28,29,31). The summed E-state index contributed by atoms with van der Waals surface area (Å²) in [6, 6.07) is 12.3. The number of nitrogens with zero attached hydrogens (tertiary/aromatic N) is 2. The van der Waals surface area contributed by atoms with E-state index in [2.05, 4.69) is 25.3 Å². The number of aromatic amines is 2. The summed E-state index contributed by atoms with van der Waals surface area (Å²) in [6.45, 7) is 1.92. The summed E-state index contributed by atoms with van der Waals surface area (Å²) in [5, 5.41) is 3.66. The van der Waals surface area contributed by atoms with E-state index < -0.39 is 17.5 Å². The van der Waals surface area contributed by atoms with Gasteiger partial charge in [0.1, 0.15) is 29.0 Å². The smallest absolute Gasteiger partial charge is 0.325 e. The summed E-state index contributed by atoms with van der Waals surface area (Å²) in [7, 11) is 0. The minimum absolute atomic E-state index is 0.254. The van der Waals surface area contributed by atoms with E-state index in [0.29, 0.717) is 45.7 Å². The summed E-state index contributed by atoms with van der Waals surface area (Å²) in [5.41, 5.74) is 1.22. The monoisotopic (exact) mass is 431 g/mol. The quantitative estimate of drug-likeness (QED) is 0.385. The second-order valence-electron chi connectivity index (χ2n) is 7.31. The van der Waals surface area contributed by atoms with Crippen LogP contribution in [-0.2, 0) is 0 Å². The van der Waals surface area contributed by atoms with Crippen molar-refractivity contribution in [1.29, 1.82) is 0 Å². The molecule has 3 heterocycles. The van der Waals surface area contributed by atoms with Crippen LogP contribution in [-0.4, -0.2) is 19.9 Å². The predicted octanol–water partition coefficient (Wildman–Crippen LogP) is 4.12. The zero-order chi connectivity index (χ0) is 22.2. The van der Waals surface area contributed by atoms with Gasteiger partial charge in [0.05, 0.1) is 17.0 Å². The number of hydrogen-bond donors (Lipinski definition) is 3. The largest absolute Gasteiger partial charge is 0.458 e. The van der Waals surface area contributed by atoms with Crippen molar-refractivity contribution in [2.75, 3.05) is 5.32 Å². The van der Waals surface area contributed by atoms with Crippen LogP contribution < -0.4 is 16.4 Å². The van der Waals surface area contributed by atoms with Crippen molar-refractivity contribution in [3.8, 4) is 11.1 Å². The normalized spacial score (nSPS) is 12.3. The van der Waals surface area contributed by atoms with Crippen molar-refractivity contribution in [2.45, 2.75) is 19.4 Å². The highest BCUT2D eigenvalue weighted by Crippen LogP contribution is 2.33. The summed E-state index contributed by atoms with van der Waals surface area (Å²) in [6.07, 6.45) is 1.84. The second kappa shape index (κ2) is 7.77. The Morgan fingerprint density at radius 3 is 2.75 bits per heavy atom. The van der Waals surface area contributed by atoms with Crippen molar-refractivity contribution >= 4 is 28.0 Å². The van der Waals surface area contributed by atoms with Gasteiger partial charge in [-0.25, -0.2) is 19.2 Å². The van der Waals surface area contributed by atoms with Crippen molar-refractivity contribution in [3.63, 3.8) is 0 Å². The molecule has 0 fully saturated rings. The van der Waals surface area contributed by atoms with Crippen LogP contribution in [0.1, 0.15) is 25.1 Å². The Hall–Kier alpha value is -4.27. The number of para-hydroxylation sites is 1. The number of imidazole rings is 1. The fourth-order valence-corrected chi connectivity index (χ4v) is 3.80. The van der Waals surface area contributed by atoms with Gasteiger partial charge in [-0.3, -0.25) is 9.78 Å². The molecule has 0 saturated heterocycles. The van der Waals surface area contributed by atoms with Crippen LogP contribution in [0.25, 0.3) is 33.3 Å². The minimum Gasteiger partial charge on any atom is -0.458 e. The SMILES string of the molecule is CCC(Nc1ncnc2[nH]c(=O)[nH]c12)c1oc2ccccc2c(=O)c1-c1cccc(F)c1. The predicted molar refractivity (Wildman–Crippen MR) is 119 cm³/mol. The third-order valence-corrected chi connectivity index (χ3v) is 5.29. The molecule has 0 aliphatic carbocycles. The van der Waals surface area contributed by atoms with Gasteiger partial charge in [0.25, 0.3) is 0 Å². The second-order valence-corrected chi connectivity index (χ2v) is 7.31. The number of aromatic nitrogens is 4. The van der Waals surface area contributed by atoms with Crippen molar-refractivity contribution in [2.24, 2.45) is 0 Å². The summed E-state index contributed by atoms with van der Waals surface area (Å²) < 4.78 is 20.2. The first-order valence-electron chi connectivity index (χ1n) is 10.1. The van der Waals surface area contributed by atoms with Gasteiger partial charge in [0, 0.05) is 0 Å². The third-order valence-electron chi connectivity index (χ3n) is 5.29. The third kappa shape index (κ3) is 3.33. The average molecular weight is 431 g/mol. The molecule has 0 saturated carbocycles. The number of benzene rings is 2. The Balaban J connectivity index is 1.73. The van der Waals surface area contributed by atoms with Crippen molar-refractivity contribution in [1.82, 2.24) is 19.9 Å². The molecule has 0 aliphatic rings. The van der Waals surface area contributed by atoms with Crippen LogP contribution in [0.3, 0.4) is 0 Å². The molecule has 3 aromatic heterocycles. The molecule has 9 heteroatoms. The molecule has 0 aliphatic heterocycles. The summed E-state index contributed by atoms with van der Waals surface area (Å²) >= 11 is 0. The molecule has 1 unspecified atom stereocenters. The fraction of sp³-hybridized carbons (Fsp3) is 0.130. The van der Waals surface area contributed by atoms with Crippen LogP contribution >= 0.6 is 0 Å². The molecule has 2 aromatic carbocycles. The molecule has 0 bridgehead atoms. The van der Waals surface area contributed by atoms with Gasteiger partial charge in [-0.2, -0.15) is 0 Å². The topological polar surface area (TPSA) is 117 Å². The number of anilines is 1. The first-order valence-corrected chi connectivity index (χ1v) is 10.1. The van der Waals surface area contributed by atoms with Crippen LogP contribution in [0.15, 0.2) is 68.9 Å². The molecular formula is C23H18FN5O3. The zero-order valence-electron chi connectivity index (χ0n) is 17.0. The lowest BCUT2D eigenvalue weighted by Gasteiger charge is -2.20. The maximum absolute atomic E-state index is 14.0. The minimum atomic E-state index is -0.498. The van der Waals surface area contributed by atoms with E-state index in [1.165, 1.54) is 18.5 Å². The molecule has 0 amide bonds. The molecule has 5 aromatic rings. The van der Waals surface area contributed by atoms with Crippen LogP contribution in [0.2, 0.25) is 0 Å². The number of H-pyrrole nitrogens is 2. The summed E-state index contributed by atoms with van der Waals surface area (Å²) in [4.78, 5) is 38.7. The maximum Gasteiger partial charge on any atom is 0.325 e. The maximum atomic E-state index is 14.0. The lowest BCUT2D eigenvalue weighted by Crippen LogP contribution is -2.17. The number of rotatable bonds is 5. The molecule has 1 atom stereocenters. The van der Waals surface area contributed by atoms with Crippen LogP contribution in [0, 0.1) is 5.82 Å². The number of halogens is 1. The van der Waals surface area contributed by atoms with Gasteiger partial charge in [-0.1, -0.05) is 31.2 Å². The zero-order valence-corrected chi connectivity index (χ0v) is 17.0. The van der Waals surface area contributed by atoms with E-state index in [1.807, 2.05) is 6.92 Å². The number of hydrogen-bond acceptors (Lipinski definition) is 6. The first-order chi connectivity index (χ1) is 15.5. The van der Waals surface area contributed by atoms with Gasteiger partial charge < -0.3 is 14.7 Å². The molecule has 3 N–H and O–H groups in total. The van der Waals surface area contributed by atoms with E-state index in [4.69, 9.17) is 4.42 Å². The lowest BCUT2D eigenvalue weighted by atomic mass is 9.97. The van der Waals surface area contributed by atoms with E-state index >= 15 is 0 Å². The Morgan fingerprint density at radius 2 is 1.94 bits per heavy atom. The van der Waals surface area contributed by atoms with Gasteiger partial charge in [0.2, 0.25) is 5.43 Å². The Bertz CT molecular complexity index is 1570. The number of fused-ring (bicyclic) bond motifs is 2. The first kappa shape index (κ1) is 19.7. The van der Waals surface area contributed by atoms with E-state index in [0.717, 1.165) is 0 Å². The molecule has 0 radical (unpaired) electrons. The Kier molecular flexibility index (Phi) is 4.78. The molecular weight excluding hydrogens is 413 g/mol. The summed E-state index contributed by atoms with van der Waals surface area (Å²) in [5.74, 6) is 0.275. The number of nitrogens with one attached hydrogen (secondary N) is 3. The van der Waals surface area contributed by atoms with Gasteiger partial charge in [-0.15, -0.1) is 0 Å². The van der Waals surface area contributed by atoms with E-state index in [9.17, 15) is 14.0 Å². The van der Waals surface area contributed by atoms with E-state index in [1.54, 1.807) is 36.4 Å². The molecule has 32 heavy (non-hydrogen) atoms. The highest BCUT2D eigenvalue weighted by Gasteiger charge is 2.24. The average Bonchev–Trinajstić information content (AvgIpc) is 3.18. The van der Waals surface area contributed by atoms with Crippen LogP contribution in [0.5, 0.6) is 0 Å². The van der Waals surface area contributed by atoms with Gasteiger partial charge >= 0.3 is 5.69 Å². The fourth-order valence-electron chi connectivity index (χ4n) is 3.80. The Morgan fingerprint density at radius 1 is 1.09 bits per heavy atom. The molecule has 160 valence electrons. The van der Waals surface area contributed by atoms with Crippen molar-refractivity contribution in [3.05, 3.63) is 87.1 Å². The van der Waals surface area contributed by atoms with Gasteiger partial charge in [-0.05, 0) is 36.2 Å². The Labute approximate surface area is 180 Å². The lowest BCUT2D eigenvalue weighted by molar-refractivity contribution is 0.495. The molecule has 0 spiro atoms. The highest BCUT2D eigenvalue weighted by molar-refractivity contribution is 5.84. The molecule has 8 nitrogen and oxygen atoms in total.